The van der Waals surface area contributed by atoms with Gasteiger partial charge in [0.1, 0.15) is 0 Å². The highest BCUT2D eigenvalue weighted by Crippen LogP contribution is 2.26. The summed E-state index contributed by atoms with van der Waals surface area (Å²) in [5, 5.41) is 8.42. The Bertz CT molecular complexity index is 1010. The first-order valence-corrected chi connectivity index (χ1v) is 10.1. The van der Waals surface area contributed by atoms with Gasteiger partial charge in [-0.2, -0.15) is 0 Å². The number of anilines is 1. The van der Waals surface area contributed by atoms with Crippen LogP contribution in [0.1, 0.15) is 18.5 Å². The van der Waals surface area contributed by atoms with Crippen molar-refractivity contribution in [3.8, 4) is 0 Å². The molecule has 7 nitrogen and oxygen atoms in total. The molecule has 0 radical (unpaired) electrons. The zero-order valence-corrected chi connectivity index (χ0v) is 15.8. The van der Waals surface area contributed by atoms with E-state index in [0.717, 1.165) is 15.8 Å². The summed E-state index contributed by atoms with van der Waals surface area (Å²) >= 11 is 1.40. The molecule has 2 amide bonds. The van der Waals surface area contributed by atoms with Crippen LogP contribution in [0.2, 0.25) is 0 Å². The monoisotopic (exact) mass is 390 g/mol. The van der Waals surface area contributed by atoms with Crippen molar-refractivity contribution in [1.82, 2.24) is 9.88 Å². The Morgan fingerprint density at radius 3 is 2.46 bits per heavy atom. The molecular formula is C17H18N4O3S2. The summed E-state index contributed by atoms with van der Waals surface area (Å²) in [7, 11) is -2.07. The van der Waals surface area contributed by atoms with E-state index in [9.17, 15) is 13.2 Å². The Hall–Kier alpha value is -2.49. The molecule has 136 valence electrons. The van der Waals surface area contributed by atoms with E-state index in [0.29, 0.717) is 5.13 Å². The average molecular weight is 390 g/mol. The maximum Gasteiger partial charge on any atom is 0.323 e. The van der Waals surface area contributed by atoms with Crippen LogP contribution in [0.15, 0.2) is 53.4 Å². The highest BCUT2D eigenvalue weighted by molar-refractivity contribution is 7.89. The minimum atomic E-state index is -3.74. The van der Waals surface area contributed by atoms with Crippen molar-refractivity contribution in [1.29, 1.82) is 0 Å². The first kappa shape index (κ1) is 18.3. The van der Waals surface area contributed by atoms with Gasteiger partial charge in [-0.25, -0.2) is 23.3 Å². The smallest absolute Gasteiger partial charge is 0.321 e. The van der Waals surface area contributed by atoms with Gasteiger partial charge in [0.25, 0.3) is 0 Å². The summed E-state index contributed by atoms with van der Waals surface area (Å²) < 4.78 is 23.7. The number of carbonyl (C=O) groups excluding carboxylic acids is 1. The number of benzene rings is 2. The molecule has 0 saturated heterocycles. The predicted molar refractivity (Wildman–Crippen MR) is 103 cm³/mol. The van der Waals surface area contributed by atoms with Crippen molar-refractivity contribution < 1.29 is 13.2 Å². The van der Waals surface area contributed by atoms with Gasteiger partial charge in [-0.1, -0.05) is 35.6 Å². The van der Waals surface area contributed by atoms with Crippen molar-refractivity contribution in [2.24, 2.45) is 5.14 Å². The third kappa shape index (κ3) is 3.85. The van der Waals surface area contributed by atoms with Gasteiger partial charge in [0.05, 0.1) is 21.2 Å². The summed E-state index contributed by atoms with van der Waals surface area (Å²) in [6.45, 7) is 1.85. The third-order valence-electron chi connectivity index (χ3n) is 4.10. The summed E-state index contributed by atoms with van der Waals surface area (Å²) in [6, 6.07) is 13.2. The lowest BCUT2D eigenvalue weighted by Gasteiger charge is -2.25. The molecule has 2 aromatic carbocycles. The van der Waals surface area contributed by atoms with Crippen LogP contribution < -0.4 is 10.5 Å². The lowest BCUT2D eigenvalue weighted by atomic mass is 10.1. The Morgan fingerprint density at radius 2 is 1.85 bits per heavy atom. The second-order valence-electron chi connectivity index (χ2n) is 5.82. The number of aromatic nitrogens is 1. The predicted octanol–water partition coefficient (Wildman–Crippen LogP) is 3.17. The molecule has 3 N–H and O–H groups in total. The summed E-state index contributed by atoms with van der Waals surface area (Å²) in [5.41, 5.74) is 1.63. The van der Waals surface area contributed by atoms with Crippen molar-refractivity contribution in [3.05, 3.63) is 54.1 Å². The van der Waals surface area contributed by atoms with Gasteiger partial charge in [-0.15, -0.1) is 0 Å². The number of fused-ring (bicyclic) bond motifs is 1. The summed E-state index contributed by atoms with van der Waals surface area (Å²) in [4.78, 5) is 18.4. The SMILES string of the molecule is CC(c1ccc(S(N)(=O)=O)cc1)N(C)C(=O)Nc1nc2ccccc2s1. The fourth-order valence-corrected chi connectivity index (χ4v) is 3.81. The summed E-state index contributed by atoms with van der Waals surface area (Å²) in [6.07, 6.45) is 0. The van der Waals surface area contributed by atoms with Crippen molar-refractivity contribution in [3.63, 3.8) is 0 Å². The number of thiazole rings is 1. The van der Waals surface area contributed by atoms with Crippen LogP contribution in [0.25, 0.3) is 10.2 Å². The van der Waals surface area contributed by atoms with E-state index in [2.05, 4.69) is 10.3 Å². The molecule has 9 heteroatoms. The highest BCUT2D eigenvalue weighted by Gasteiger charge is 2.19. The maximum atomic E-state index is 12.5. The molecule has 1 atom stereocenters. The van der Waals surface area contributed by atoms with E-state index in [4.69, 9.17) is 5.14 Å². The number of nitrogens with two attached hydrogens (primary N) is 1. The molecule has 0 aliphatic rings. The summed E-state index contributed by atoms with van der Waals surface area (Å²) in [5.74, 6) is 0. The van der Waals surface area contributed by atoms with Gasteiger partial charge in [0.2, 0.25) is 10.0 Å². The van der Waals surface area contributed by atoms with Crippen molar-refractivity contribution in [2.45, 2.75) is 17.9 Å². The van der Waals surface area contributed by atoms with E-state index in [1.54, 1.807) is 19.2 Å². The third-order valence-corrected chi connectivity index (χ3v) is 5.98. The van der Waals surface area contributed by atoms with Gasteiger partial charge in [-0.3, -0.25) is 5.32 Å². The van der Waals surface area contributed by atoms with Gasteiger partial charge in [0, 0.05) is 7.05 Å². The molecule has 0 saturated carbocycles. The Balaban J connectivity index is 1.72. The minimum absolute atomic E-state index is 0.0371. The molecule has 0 aliphatic carbocycles. The number of amides is 2. The van der Waals surface area contributed by atoms with Crippen molar-refractivity contribution >= 4 is 42.7 Å². The number of sulfonamides is 1. The van der Waals surface area contributed by atoms with Gasteiger partial charge in [0.15, 0.2) is 5.13 Å². The number of nitrogens with zero attached hydrogens (tertiary/aromatic N) is 2. The van der Waals surface area contributed by atoms with E-state index < -0.39 is 10.0 Å². The van der Waals surface area contributed by atoms with E-state index >= 15 is 0 Å². The maximum absolute atomic E-state index is 12.5. The van der Waals surface area contributed by atoms with Crippen LogP contribution in [0.5, 0.6) is 0 Å². The second-order valence-corrected chi connectivity index (χ2v) is 8.41. The normalized spacial score (nSPS) is 12.7. The van der Waals surface area contributed by atoms with Crippen LogP contribution in [0.4, 0.5) is 9.93 Å². The molecule has 3 aromatic rings. The van der Waals surface area contributed by atoms with E-state index in [-0.39, 0.29) is 17.0 Å². The Kier molecular flexibility index (Phi) is 4.94. The van der Waals surface area contributed by atoms with Crippen molar-refractivity contribution in [2.75, 3.05) is 12.4 Å². The van der Waals surface area contributed by atoms with E-state index in [1.807, 2.05) is 31.2 Å². The van der Waals surface area contributed by atoms with Crippen LogP contribution >= 0.6 is 11.3 Å². The fraction of sp³-hybridized carbons (Fsp3) is 0.176. The largest absolute Gasteiger partial charge is 0.323 e. The molecule has 26 heavy (non-hydrogen) atoms. The molecular weight excluding hydrogens is 372 g/mol. The lowest BCUT2D eigenvalue weighted by Crippen LogP contribution is -2.33. The quantitative estimate of drug-likeness (QED) is 0.714. The Labute approximate surface area is 155 Å². The molecule has 0 aliphatic heterocycles. The van der Waals surface area contributed by atoms with Crippen LogP contribution in [0, 0.1) is 0 Å². The van der Waals surface area contributed by atoms with Crippen LogP contribution in [-0.2, 0) is 10.0 Å². The fourth-order valence-electron chi connectivity index (χ4n) is 2.44. The molecule has 1 unspecified atom stereocenters. The molecule has 1 heterocycles. The van der Waals surface area contributed by atoms with E-state index in [1.165, 1.54) is 28.4 Å². The number of hydrogen-bond donors (Lipinski definition) is 2. The first-order chi connectivity index (χ1) is 12.3. The first-order valence-electron chi connectivity index (χ1n) is 7.78. The molecule has 1 aromatic heterocycles. The standard InChI is InChI=1S/C17H18N4O3S2/c1-11(12-7-9-13(10-8-12)26(18,23)24)21(2)17(22)20-16-19-14-5-3-4-6-15(14)25-16/h3-11H,1-2H3,(H2,18,23,24)(H,19,20,22). The number of hydrogen-bond acceptors (Lipinski definition) is 5. The van der Waals surface area contributed by atoms with Crippen LogP contribution in [-0.4, -0.2) is 31.4 Å². The number of primary sulfonamides is 1. The molecule has 0 spiro atoms. The molecule has 0 bridgehead atoms. The number of para-hydroxylation sites is 1. The van der Waals surface area contributed by atoms with Gasteiger partial charge >= 0.3 is 6.03 Å². The van der Waals surface area contributed by atoms with Crippen LogP contribution in [0.3, 0.4) is 0 Å². The average Bonchev–Trinajstić information content (AvgIpc) is 3.02. The second kappa shape index (κ2) is 7.02. The topological polar surface area (TPSA) is 105 Å². The number of carbonyl (C=O) groups is 1. The highest BCUT2D eigenvalue weighted by atomic mass is 32.2. The number of nitrogens with one attached hydrogen (secondary N) is 1. The van der Waals surface area contributed by atoms with Gasteiger partial charge in [-0.05, 0) is 36.8 Å². The minimum Gasteiger partial charge on any atom is -0.321 e. The Morgan fingerprint density at radius 1 is 1.19 bits per heavy atom. The number of rotatable bonds is 4. The zero-order valence-electron chi connectivity index (χ0n) is 14.2. The van der Waals surface area contributed by atoms with Gasteiger partial charge < -0.3 is 4.90 Å². The zero-order chi connectivity index (χ0) is 18.9. The number of urea groups is 1. The molecule has 0 fully saturated rings. The lowest BCUT2D eigenvalue weighted by molar-refractivity contribution is 0.208. The molecule has 3 rings (SSSR count).